The molecule has 1 aliphatic heterocycles. The van der Waals surface area contributed by atoms with Crippen LogP contribution in [-0.4, -0.2) is 47.3 Å². The van der Waals surface area contributed by atoms with Crippen molar-refractivity contribution in [2.45, 2.75) is 62.4 Å². The van der Waals surface area contributed by atoms with Gasteiger partial charge in [0.25, 0.3) is 10.0 Å². The summed E-state index contributed by atoms with van der Waals surface area (Å²) in [6.45, 7) is 0.698. The van der Waals surface area contributed by atoms with E-state index in [1.165, 1.54) is 29.7 Å². The maximum absolute atomic E-state index is 12.7. The largest absolute Gasteiger partial charge is 0.353 e. The Morgan fingerprint density at radius 2 is 1.88 bits per heavy atom. The molecule has 1 atom stereocenters. The Hall–Kier alpha value is -1.41. The second kappa shape index (κ2) is 7.86. The summed E-state index contributed by atoms with van der Waals surface area (Å²) in [4.78, 5) is 16.6. The molecule has 2 fully saturated rings. The Bertz CT molecular complexity index is 693. The van der Waals surface area contributed by atoms with Crippen molar-refractivity contribution in [1.29, 1.82) is 0 Å². The molecular formula is C17H28N4O3S. The number of sulfonamides is 1. The van der Waals surface area contributed by atoms with E-state index in [0.717, 1.165) is 32.1 Å². The third-order valence-corrected chi connectivity index (χ3v) is 6.99. The molecule has 3 rings (SSSR count). The zero-order valence-corrected chi connectivity index (χ0v) is 15.7. The highest BCUT2D eigenvalue weighted by Gasteiger charge is 2.34. The van der Waals surface area contributed by atoms with Crippen LogP contribution < -0.4 is 5.32 Å². The normalized spacial score (nSPS) is 24.0. The number of hydrogen-bond acceptors (Lipinski definition) is 4. The van der Waals surface area contributed by atoms with Crippen molar-refractivity contribution in [3.05, 3.63) is 12.5 Å². The van der Waals surface area contributed by atoms with Gasteiger partial charge in [0.1, 0.15) is 0 Å². The fourth-order valence-electron chi connectivity index (χ4n) is 3.77. The molecule has 25 heavy (non-hydrogen) atoms. The SMILES string of the molecule is Cn1cnc(S(=O)(=O)N2CCC[C@H](C(=O)NC3CCCCCC3)C2)c1. The molecule has 140 valence electrons. The molecule has 1 saturated carbocycles. The molecule has 7 nitrogen and oxygen atoms in total. The number of rotatable bonds is 4. The smallest absolute Gasteiger partial charge is 0.262 e. The summed E-state index contributed by atoms with van der Waals surface area (Å²) < 4.78 is 28.5. The van der Waals surface area contributed by atoms with Crippen molar-refractivity contribution >= 4 is 15.9 Å². The fraction of sp³-hybridized carbons (Fsp3) is 0.765. The first-order valence-electron chi connectivity index (χ1n) is 9.25. The zero-order chi connectivity index (χ0) is 17.9. The molecule has 0 aromatic carbocycles. The van der Waals surface area contributed by atoms with Crippen molar-refractivity contribution in [3.63, 3.8) is 0 Å². The van der Waals surface area contributed by atoms with Gasteiger partial charge in [-0.15, -0.1) is 0 Å². The van der Waals surface area contributed by atoms with Gasteiger partial charge in [0.2, 0.25) is 5.91 Å². The van der Waals surface area contributed by atoms with E-state index < -0.39 is 10.0 Å². The molecule has 2 aliphatic rings. The number of amides is 1. The van der Waals surface area contributed by atoms with Crippen LogP contribution in [0.2, 0.25) is 0 Å². The van der Waals surface area contributed by atoms with Crippen LogP contribution in [0.5, 0.6) is 0 Å². The average Bonchev–Trinajstić information content (AvgIpc) is 2.89. The highest BCUT2D eigenvalue weighted by Crippen LogP contribution is 2.24. The van der Waals surface area contributed by atoms with Gasteiger partial charge in [-0.25, -0.2) is 13.4 Å². The average molecular weight is 369 g/mol. The van der Waals surface area contributed by atoms with Gasteiger partial charge >= 0.3 is 0 Å². The van der Waals surface area contributed by atoms with Crippen LogP contribution in [0.3, 0.4) is 0 Å². The standard InChI is InChI=1S/C17H28N4O3S/c1-20-12-16(18-13-20)25(23,24)21-10-6-7-14(11-21)17(22)19-15-8-4-2-3-5-9-15/h12-15H,2-11H2,1H3,(H,19,22)/t14-/m0/s1. The second-order valence-corrected chi connectivity index (χ2v) is 9.16. The topological polar surface area (TPSA) is 84.3 Å². The first-order valence-corrected chi connectivity index (χ1v) is 10.7. The first kappa shape index (κ1) is 18.4. The summed E-state index contributed by atoms with van der Waals surface area (Å²) in [5.74, 6) is -0.261. The Morgan fingerprint density at radius 3 is 2.52 bits per heavy atom. The first-order chi connectivity index (χ1) is 12.0. The van der Waals surface area contributed by atoms with Gasteiger partial charge in [-0.1, -0.05) is 25.7 Å². The van der Waals surface area contributed by atoms with E-state index in [1.54, 1.807) is 11.6 Å². The molecule has 1 N–H and O–H groups in total. The van der Waals surface area contributed by atoms with Gasteiger partial charge in [0.15, 0.2) is 5.03 Å². The lowest BCUT2D eigenvalue weighted by molar-refractivity contribution is -0.126. The number of aryl methyl sites for hydroxylation is 1. The minimum atomic E-state index is -3.63. The van der Waals surface area contributed by atoms with Gasteiger partial charge < -0.3 is 9.88 Å². The molecular weight excluding hydrogens is 340 g/mol. The molecule has 1 aliphatic carbocycles. The van der Waals surface area contributed by atoms with Crippen molar-refractivity contribution in [2.24, 2.45) is 13.0 Å². The quantitative estimate of drug-likeness (QED) is 0.819. The number of imidazole rings is 1. The van der Waals surface area contributed by atoms with Crippen LogP contribution in [0.15, 0.2) is 17.6 Å². The number of nitrogens with one attached hydrogen (secondary N) is 1. The van der Waals surface area contributed by atoms with Crippen LogP contribution in [0, 0.1) is 5.92 Å². The Balaban J connectivity index is 1.63. The van der Waals surface area contributed by atoms with E-state index in [1.807, 2.05) is 0 Å². The highest BCUT2D eigenvalue weighted by molar-refractivity contribution is 7.89. The summed E-state index contributed by atoms with van der Waals surface area (Å²) in [6.07, 6.45) is 11.3. The van der Waals surface area contributed by atoms with Gasteiger partial charge in [0, 0.05) is 32.4 Å². The minimum Gasteiger partial charge on any atom is -0.353 e. The lowest BCUT2D eigenvalue weighted by atomic mass is 9.97. The predicted octanol–water partition coefficient (Wildman–Crippen LogP) is 1.66. The molecule has 0 bridgehead atoms. The maximum atomic E-state index is 12.7. The number of nitrogens with zero attached hydrogens (tertiary/aromatic N) is 3. The highest BCUT2D eigenvalue weighted by atomic mass is 32.2. The molecule has 0 unspecified atom stereocenters. The number of carbonyl (C=O) groups is 1. The summed E-state index contributed by atoms with van der Waals surface area (Å²) in [7, 11) is -1.88. The summed E-state index contributed by atoms with van der Waals surface area (Å²) in [6, 6.07) is 0.248. The van der Waals surface area contributed by atoms with E-state index >= 15 is 0 Å². The number of piperidine rings is 1. The maximum Gasteiger partial charge on any atom is 0.262 e. The summed E-state index contributed by atoms with van der Waals surface area (Å²) in [5.41, 5.74) is 0. The van der Waals surface area contributed by atoms with Crippen LogP contribution in [-0.2, 0) is 21.9 Å². The lowest BCUT2D eigenvalue weighted by Crippen LogP contribution is -2.47. The third kappa shape index (κ3) is 4.41. The molecule has 1 aromatic rings. The van der Waals surface area contributed by atoms with Crippen LogP contribution in [0.4, 0.5) is 0 Å². The van der Waals surface area contributed by atoms with E-state index in [-0.39, 0.29) is 29.4 Å². The van der Waals surface area contributed by atoms with E-state index in [2.05, 4.69) is 10.3 Å². The van der Waals surface area contributed by atoms with Crippen molar-refractivity contribution in [2.75, 3.05) is 13.1 Å². The van der Waals surface area contributed by atoms with Crippen LogP contribution >= 0.6 is 0 Å². The second-order valence-electron chi connectivity index (χ2n) is 7.28. The molecule has 0 radical (unpaired) electrons. The van der Waals surface area contributed by atoms with E-state index in [9.17, 15) is 13.2 Å². The van der Waals surface area contributed by atoms with Crippen LogP contribution in [0.1, 0.15) is 51.4 Å². The summed E-state index contributed by atoms with van der Waals surface area (Å²) >= 11 is 0. The van der Waals surface area contributed by atoms with Gasteiger partial charge in [-0.2, -0.15) is 4.31 Å². The molecule has 0 spiro atoms. The van der Waals surface area contributed by atoms with Crippen molar-refractivity contribution < 1.29 is 13.2 Å². The third-order valence-electron chi connectivity index (χ3n) is 5.24. The molecule has 1 aromatic heterocycles. The Kier molecular flexibility index (Phi) is 5.78. The van der Waals surface area contributed by atoms with Gasteiger partial charge in [-0.3, -0.25) is 4.79 Å². The van der Waals surface area contributed by atoms with E-state index in [4.69, 9.17) is 0 Å². The van der Waals surface area contributed by atoms with Gasteiger partial charge in [-0.05, 0) is 25.7 Å². The molecule has 1 amide bonds. The molecule has 1 saturated heterocycles. The van der Waals surface area contributed by atoms with Gasteiger partial charge in [0.05, 0.1) is 12.2 Å². The van der Waals surface area contributed by atoms with Crippen molar-refractivity contribution in [3.8, 4) is 0 Å². The fourth-order valence-corrected chi connectivity index (χ4v) is 5.26. The molecule has 2 heterocycles. The van der Waals surface area contributed by atoms with Crippen LogP contribution in [0.25, 0.3) is 0 Å². The number of aromatic nitrogens is 2. The minimum absolute atomic E-state index is 0.00724. The monoisotopic (exact) mass is 368 g/mol. The zero-order valence-electron chi connectivity index (χ0n) is 14.9. The lowest BCUT2D eigenvalue weighted by Gasteiger charge is -2.31. The number of carbonyl (C=O) groups excluding carboxylic acids is 1. The predicted molar refractivity (Wildman–Crippen MR) is 94.3 cm³/mol. The Labute approximate surface area is 149 Å². The number of hydrogen-bond donors (Lipinski definition) is 1. The molecule has 8 heteroatoms. The van der Waals surface area contributed by atoms with E-state index in [0.29, 0.717) is 13.0 Å². The summed E-state index contributed by atoms with van der Waals surface area (Å²) in [5, 5.41) is 3.22. The van der Waals surface area contributed by atoms with Crippen molar-refractivity contribution in [1.82, 2.24) is 19.2 Å². The Morgan fingerprint density at radius 1 is 1.16 bits per heavy atom.